The Bertz CT molecular complexity index is 1470. The standard InChI is InChI=1S/C25H25N5O3S/c1-2-28-16-26-23-22(28)24(32)30(25(33)29(23)14-17-8-4-3-5-9-17)15-21(31)27-19-12-13-34-20-11-7-6-10-18(19)20/h3-11,16,19H,2,12-15H2,1H3,(H,27,31)/t19-/m0/s1. The summed E-state index contributed by atoms with van der Waals surface area (Å²) in [5, 5.41) is 3.04. The number of hydrogen-bond acceptors (Lipinski definition) is 5. The second-order valence-electron chi connectivity index (χ2n) is 8.24. The number of carbonyl (C=O) groups is 1. The monoisotopic (exact) mass is 475 g/mol. The van der Waals surface area contributed by atoms with Crippen LogP contribution in [0.4, 0.5) is 0 Å². The minimum atomic E-state index is -0.544. The van der Waals surface area contributed by atoms with Gasteiger partial charge in [-0.1, -0.05) is 48.5 Å². The van der Waals surface area contributed by atoms with Crippen molar-refractivity contribution in [3.63, 3.8) is 0 Å². The first kappa shape index (κ1) is 22.2. The van der Waals surface area contributed by atoms with Crippen LogP contribution in [0.3, 0.4) is 0 Å². The maximum absolute atomic E-state index is 13.4. The molecule has 0 saturated carbocycles. The van der Waals surface area contributed by atoms with Crippen LogP contribution in [0.25, 0.3) is 11.2 Å². The molecule has 3 heterocycles. The third-order valence-corrected chi connectivity index (χ3v) is 7.23. The van der Waals surface area contributed by atoms with Gasteiger partial charge in [-0.2, -0.15) is 0 Å². The van der Waals surface area contributed by atoms with E-state index >= 15 is 0 Å². The number of thioether (sulfide) groups is 1. The zero-order chi connectivity index (χ0) is 23.7. The number of aromatic nitrogens is 4. The lowest BCUT2D eigenvalue weighted by atomic mass is 10.0. The summed E-state index contributed by atoms with van der Waals surface area (Å²) in [4.78, 5) is 45.3. The van der Waals surface area contributed by atoms with Crippen LogP contribution in [0.2, 0.25) is 0 Å². The van der Waals surface area contributed by atoms with Gasteiger partial charge >= 0.3 is 5.69 Å². The SMILES string of the molecule is CCn1cnc2c1c(=O)n(CC(=O)N[C@H]1CCSc3ccccc31)c(=O)n2Cc1ccccc1. The normalized spacial score (nSPS) is 15.3. The topological polar surface area (TPSA) is 90.9 Å². The van der Waals surface area contributed by atoms with E-state index in [4.69, 9.17) is 0 Å². The number of fused-ring (bicyclic) bond motifs is 2. The number of imidazole rings is 1. The minimum Gasteiger partial charge on any atom is -0.348 e. The van der Waals surface area contributed by atoms with Crippen LogP contribution in [-0.4, -0.2) is 30.3 Å². The van der Waals surface area contributed by atoms with Crippen molar-refractivity contribution < 1.29 is 4.79 Å². The maximum atomic E-state index is 13.4. The lowest BCUT2D eigenvalue weighted by molar-refractivity contribution is -0.122. The van der Waals surface area contributed by atoms with Crippen molar-refractivity contribution in [2.75, 3.05) is 5.75 Å². The molecule has 5 rings (SSSR count). The predicted octanol–water partition coefficient (Wildman–Crippen LogP) is 2.78. The van der Waals surface area contributed by atoms with Gasteiger partial charge in [-0.3, -0.25) is 14.2 Å². The molecule has 2 aromatic heterocycles. The largest absolute Gasteiger partial charge is 0.348 e. The lowest BCUT2D eigenvalue weighted by Gasteiger charge is -2.26. The average Bonchev–Trinajstić information content (AvgIpc) is 3.30. The van der Waals surface area contributed by atoms with Crippen molar-refractivity contribution in [3.8, 4) is 0 Å². The Morgan fingerprint density at radius 1 is 1.09 bits per heavy atom. The Hall–Kier alpha value is -3.59. The Kier molecular flexibility index (Phi) is 6.10. The van der Waals surface area contributed by atoms with E-state index in [0.29, 0.717) is 17.7 Å². The van der Waals surface area contributed by atoms with Gasteiger partial charge < -0.3 is 9.88 Å². The van der Waals surface area contributed by atoms with Gasteiger partial charge in [0.1, 0.15) is 6.54 Å². The van der Waals surface area contributed by atoms with Crippen molar-refractivity contribution in [1.29, 1.82) is 0 Å². The number of benzene rings is 2. The lowest BCUT2D eigenvalue weighted by Crippen LogP contribution is -2.45. The first-order chi connectivity index (χ1) is 16.6. The smallest absolute Gasteiger partial charge is 0.333 e. The molecular weight excluding hydrogens is 450 g/mol. The Morgan fingerprint density at radius 2 is 1.85 bits per heavy atom. The number of nitrogens with zero attached hydrogens (tertiary/aromatic N) is 4. The van der Waals surface area contributed by atoms with Crippen LogP contribution in [0.5, 0.6) is 0 Å². The minimum absolute atomic E-state index is 0.142. The van der Waals surface area contributed by atoms with E-state index in [1.807, 2.05) is 61.5 Å². The molecular formula is C25H25N5O3S. The van der Waals surface area contributed by atoms with Gasteiger partial charge in [0.05, 0.1) is 18.9 Å². The number of amides is 1. The molecule has 1 atom stereocenters. The van der Waals surface area contributed by atoms with Crippen molar-refractivity contribution >= 4 is 28.8 Å². The summed E-state index contributed by atoms with van der Waals surface area (Å²) >= 11 is 1.77. The highest BCUT2D eigenvalue weighted by Gasteiger charge is 2.24. The highest BCUT2D eigenvalue weighted by atomic mass is 32.2. The second kappa shape index (κ2) is 9.34. The van der Waals surface area contributed by atoms with Crippen LogP contribution in [0.15, 0.2) is 75.4 Å². The van der Waals surface area contributed by atoms with Crippen molar-refractivity contribution in [1.82, 2.24) is 24.0 Å². The molecule has 0 fully saturated rings. The van der Waals surface area contributed by atoms with Gasteiger partial charge in [-0.05, 0) is 30.5 Å². The molecule has 8 nitrogen and oxygen atoms in total. The summed E-state index contributed by atoms with van der Waals surface area (Å²) in [6.07, 6.45) is 2.36. The van der Waals surface area contributed by atoms with Gasteiger partial charge in [0, 0.05) is 17.2 Å². The molecule has 34 heavy (non-hydrogen) atoms. The van der Waals surface area contributed by atoms with Gasteiger partial charge in [-0.25, -0.2) is 14.3 Å². The van der Waals surface area contributed by atoms with Gasteiger partial charge in [-0.15, -0.1) is 11.8 Å². The fourth-order valence-corrected chi connectivity index (χ4v) is 5.53. The Morgan fingerprint density at radius 3 is 2.65 bits per heavy atom. The quantitative estimate of drug-likeness (QED) is 0.463. The summed E-state index contributed by atoms with van der Waals surface area (Å²) in [5.74, 6) is 0.534. The van der Waals surface area contributed by atoms with E-state index in [1.165, 1.54) is 4.57 Å². The molecule has 174 valence electrons. The summed E-state index contributed by atoms with van der Waals surface area (Å²) in [6.45, 7) is 2.34. The van der Waals surface area contributed by atoms with Crippen LogP contribution in [0.1, 0.15) is 30.5 Å². The third kappa shape index (κ3) is 4.07. The van der Waals surface area contributed by atoms with Gasteiger partial charge in [0.25, 0.3) is 5.56 Å². The second-order valence-corrected chi connectivity index (χ2v) is 9.38. The van der Waals surface area contributed by atoms with Crippen LogP contribution < -0.4 is 16.6 Å². The first-order valence-electron chi connectivity index (χ1n) is 11.3. The van der Waals surface area contributed by atoms with Gasteiger partial charge in [0.15, 0.2) is 11.2 Å². The number of carbonyl (C=O) groups excluding carboxylic acids is 1. The number of rotatable bonds is 6. The molecule has 0 spiro atoms. The fraction of sp³-hybridized carbons (Fsp3) is 0.280. The molecule has 4 aromatic rings. The van der Waals surface area contributed by atoms with E-state index in [9.17, 15) is 14.4 Å². The number of aryl methyl sites for hydroxylation is 1. The summed E-state index contributed by atoms with van der Waals surface area (Å²) in [7, 11) is 0. The molecule has 0 unspecified atom stereocenters. The van der Waals surface area contributed by atoms with Crippen molar-refractivity contribution in [3.05, 3.63) is 92.9 Å². The molecule has 0 saturated heterocycles. The first-order valence-corrected chi connectivity index (χ1v) is 12.3. The van der Waals surface area contributed by atoms with E-state index in [1.54, 1.807) is 22.7 Å². The van der Waals surface area contributed by atoms with E-state index in [2.05, 4.69) is 10.3 Å². The molecule has 1 aliphatic rings. The Balaban J connectivity index is 1.51. The molecule has 2 aromatic carbocycles. The van der Waals surface area contributed by atoms with Gasteiger partial charge in [0.2, 0.25) is 5.91 Å². The third-order valence-electron chi connectivity index (χ3n) is 6.10. The highest BCUT2D eigenvalue weighted by Crippen LogP contribution is 2.35. The summed E-state index contributed by atoms with van der Waals surface area (Å²) < 4.78 is 4.21. The highest BCUT2D eigenvalue weighted by molar-refractivity contribution is 7.99. The van der Waals surface area contributed by atoms with Crippen molar-refractivity contribution in [2.24, 2.45) is 0 Å². The molecule has 1 N–H and O–H groups in total. The molecule has 0 radical (unpaired) electrons. The van der Waals surface area contributed by atoms with E-state index < -0.39 is 11.2 Å². The number of hydrogen-bond donors (Lipinski definition) is 1. The van der Waals surface area contributed by atoms with E-state index in [0.717, 1.165) is 32.8 Å². The molecule has 0 bridgehead atoms. The van der Waals surface area contributed by atoms with Crippen LogP contribution >= 0.6 is 11.8 Å². The van der Waals surface area contributed by atoms with Crippen molar-refractivity contribution in [2.45, 2.75) is 43.9 Å². The predicted molar refractivity (Wildman–Crippen MR) is 132 cm³/mol. The fourth-order valence-electron chi connectivity index (χ4n) is 4.40. The van der Waals surface area contributed by atoms with E-state index in [-0.39, 0.29) is 25.0 Å². The summed E-state index contributed by atoms with van der Waals surface area (Å²) in [6, 6.07) is 17.4. The average molecular weight is 476 g/mol. The van der Waals surface area contributed by atoms with Crippen LogP contribution in [0, 0.1) is 0 Å². The molecule has 9 heteroatoms. The zero-order valence-corrected chi connectivity index (χ0v) is 19.6. The molecule has 0 aliphatic carbocycles. The Labute approximate surface area is 200 Å². The maximum Gasteiger partial charge on any atom is 0.333 e. The van der Waals surface area contributed by atoms with Crippen LogP contribution in [-0.2, 0) is 24.4 Å². The number of nitrogens with one attached hydrogen (secondary N) is 1. The zero-order valence-electron chi connectivity index (χ0n) is 18.8. The molecule has 1 amide bonds. The summed E-state index contributed by atoms with van der Waals surface area (Å²) in [5.41, 5.74) is 1.58. The molecule has 1 aliphatic heterocycles.